The molecule has 1 heterocycles. The molecule has 2 amide bonds. The number of nitrogens with one attached hydrogen (secondary N) is 1. The van der Waals surface area contributed by atoms with Crippen LogP contribution in [0.25, 0.3) is 0 Å². The Morgan fingerprint density at radius 1 is 1.06 bits per heavy atom. The maximum absolute atomic E-state index is 12.7. The second-order valence-electron chi connectivity index (χ2n) is 7.95. The van der Waals surface area contributed by atoms with E-state index in [1.54, 1.807) is 7.11 Å². The molecule has 6 heteroatoms. The van der Waals surface area contributed by atoms with Crippen LogP contribution in [-0.4, -0.2) is 60.9 Å². The van der Waals surface area contributed by atoms with E-state index in [-0.39, 0.29) is 11.8 Å². The third-order valence-corrected chi connectivity index (χ3v) is 5.81. The van der Waals surface area contributed by atoms with Gasteiger partial charge >= 0.3 is 0 Å². The lowest BCUT2D eigenvalue weighted by molar-refractivity contribution is -0.123. The Morgan fingerprint density at radius 3 is 2.42 bits per heavy atom. The van der Waals surface area contributed by atoms with Crippen LogP contribution in [0.3, 0.4) is 0 Å². The third kappa shape index (κ3) is 6.31. The van der Waals surface area contributed by atoms with Crippen LogP contribution in [-0.2, 0) is 11.3 Å². The average Bonchev–Trinajstić information content (AvgIpc) is 2.83. The molecule has 0 atom stereocenters. The highest BCUT2D eigenvalue weighted by molar-refractivity contribution is 5.94. The van der Waals surface area contributed by atoms with Gasteiger partial charge in [-0.2, -0.15) is 0 Å². The molecule has 1 aliphatic rings. The fourth-order valence-corrected chi connectivity index (χ4v) is 4.16. The second kappa shape index (κ2) is 11.5. The maximum atomic E-state index is 12.7. The van der Waals surface area contributed by atoms with Gasteiger partial charge in [-0.25, -0.2) is 0 Å². The van der Waals surface area contributed by atoms with Gasteiger partial charge in [0.1, 0.15) is 5.75 Å². The number of carbonyl (C=O) groups is 2. The molecule has 0 saturated carbocycles. The van der Waals surface area contributed by atoms with Crippen LogP contribution in [0, 0.1) is 0 Å². The molecular formula is C25H33N3O3. The first-order valence-electron chi connectivity index (χ1n) is 11.1. The number of likely N-dealkylation sites (tertiary alicyclic amines) is 1. The van der Waals surface area contributed by atoms with Crippen LogP contribution in [0.4, 0.5) is 0 Å². The van der Waals surface area contributed by atoms with Crippen molar-refractivity contribution >= 4 is 11.8 Å². The summed E-state index contributed by atoms with van der Waals surface area (Å²) in [7, 11) is 1.64. The quantitative estimate of drug-likeness (QED) is 0.672. The monoisotopic (exact) mass is 423 g/mol. The predicted molar refractivity (Wildman–Crippen MR) is 122 cm³/mol. The number of carbonyl (C=O) groups excluding carboxylic acids is 2. The number of piperidine rings is 1. The van der Waals surface area contributed by atoms with Crippen LogP contribution in [0.15, 0.2) is 54.6 Å². The Labute approximate surface area is 185 Å². The molecule has 0 spiro atoms. The number of hydrogen-bond donors (Lipinski definition) is 1. The molecule has 0 radical (unpaired) electrons. The molecule has 3 rings (SSSR count). The van der Waals surface area contributed by atoms with Crippen molar-refractivity contribution in [1.82, 2.24) is 15.1 Å². The topological polar surface area (TPSA) is 61.9 Å². The summed E-state index contributed by atoms with van der Waals surface area (Å²) in [4.78, 5) is 29.5. The standard InChI is InChI=1S/C25H33N3O3/c1-3-15-28(19-24(29)26-18-21-11-7-8-12-23(21)31-2)22-13-16-27(17-14-22)25(30)20-9-5-4-6-10-20/h4-12,22H,3,13-19H2,1-2H3,(H,26,29). The van der Waals surface area contributed by atoms with E-state index in [4.69, 9.17) is 4.74 Å². The average molecular weight is 424 g/mol. The molecule has 31 heavy (non-hydrogen) atoms. The minimum atomic E-state index is 0.0159. The number of methoxy groups -OCH3 is 1. The number of amides is 2. The van der Waals surface area contributed by atoms with Gasteiger partial charge in [-0.15, -0.1) is 0 Å². The molecule has 0 aliphatic carbocycles. The first-order valence-corrected chi connectivity index (χ1v) is 11.1. The molecule has 2 aromatic carbocycles. The Kier molecular flexibility index (Phi) is 8.47. The summed E-state index contributed by atoms with van der Waals surface area (Å²) in [6, 6.07) is 17.5. The molecular weight excluding hydrogens is 390 g/mol. The summed E-state index contributed by atoms with van der Waals surface area (Å²) in [6.07, 6.45) is 2.76. The Bertz CT molecular complexity index is 848. The lowest BCUT2D eigenvalue weighted by atomic mass is 10.0. The Balaban J connectivity index is 1.51. The summed E-state index contributed by atoms with van der Waals surface area (Å²) in [5, 5.41) is 3.03. The van der Waals surface area contributed by atoms with E-state index in [0.717, 1.165) is 55.8 Å². The lowest BCUT2D eigenvalue weighted by Crippen LogP contribution is -2.49. The second-order valence-corrected chi connectivity index (χ2v) is 7.95. The van der Waals surface area contributed by atoms with Crippen molar-refractivity contribution < 1.29 is 14.3 Å². The number of rotatable bonds is 9. The summed E-state index contributed by atoms with van der Waals surface area (Å²) in [6.45, 7) is 5.28. The minimum absolute atomic E-state index is 0.0159. The van der Waals surface area contributed by atoms with Gasteiger partial charge in [0.05, 0.1) is 13.7 Å². The largest absolute Gasteiger partial charge is 0.496 e. The zero-order valence-corrected chi connectivity index (χ0v) is 18.5. The fourth-order valence-electron chi connectivity index (χ4n) is 4.16. The highest BCUT2D eigenvalue weighted by atomic mass is 16.5. The van der Waals surface area contributed by atoms with Crippen LogP contribution in [0.5, 0.6) is 5.75 Å². The van der Waals surface area contributed by atoms with E-state index in [9.17, 15) is 9.59 Å². The van der Waals surface area contributed by atoms with Crippen molar-refractivity contribution in [2.75, 3.05) is 33.3 Å². The molecule has 1 N–H and O–H groups in total. The first kappa shape index (κ1) is 22.8. The zero-order chi connectivity index (χ0) is 22.1. The third-order valence-electron chi connectivity index (χ3n) is 5.81. The number of benzene rings is 2. The van der Waals surface area contributed by atoms with Gasteiger partial charge in [-0.1, -0.05) is 43.3 Å². The van der Waals surface area contributed by atoms with E-state index >= 15 is 0 Å². The van der Waals surface area contributed by atoms with Crippen molar-refractivity contribution in [3.8, 4) is 5.75 Å². The van der Waals surface area contributed by atoms with E-state index in [2.05, 4.69) is 17.1 Å². The molecule has 1 saturated heterocycles. The van der Waals surface area contributed by atoms with Crippen molar-refractivity contribution in [2.24, 2.45) is 0 Å². The molecule has 166 valence electrons. The number of ether oxygens (including phenoxy) is 1. The molecule has 0 unspecified atom stereocenters. The number of hydrogen-bond acceptors (Lipinski definition) is 4. The molecule has 0 bridgehead atoms. The summed E-state index contributed by atoms with van der Waals surface area (Å²) < 4.78 is 5.36. The van der Waals surface area contributed by atoms with Gasteiger partial charge in [-0.05, 0) is 44.0 Å². The highest BCUT2D eigenvalue weighted by Crippen LogP contribution is 2.19. The van der Waals surface area contributed by atoms with Gasteiger partial charge in [-0.3, -0.25) is 14.5 Å². The normalized spacial score (nSPS) is 14.5. The minimum Gasteiger partial charge on any atom is -0.496 e. The predicted octanol–water partition coefficient (Wildman–Crippen LogP) is 3.33. The van der Waals surface area contributed by atoms with Crippen molar-refractivity contribution in [3.05, 3.63) is 65.7 Å². The van der Waals surface area contributed by atoms with Gasteiger partial charge in [0.15, 0.2) is 0 Å². The van der Waals surface area contributed by atoms with Crippen LogP contribution in [0.2, 0.25) is 0 Å². The smallest absolute Gasteiger partial charge is 0.253 e. The molecule has 1 fully saturated rings. The van der Waals surface area contributed by atoms with Gasteiger partial charge in [0.25, 0.3) is 5.91 Å². The molecule has 1 aliphatic heterocycles. The maximum Gasteiger partial charge on any atom is 0.253 e. The van der Waals surface area contributed by atoms with Crippen molar-refractivity contribution in [3.63, 3.8) is 0 Å². The van der Waals surface area contributed by atoms with E-state index < -0.39 is 0 Å². The van der Waals surface area contributed by atoms with Crippen LogP contribution >= 0.6 is 0 Å². The highest BCUT2D eigenvalue weighted by Gasteiger charge is 2.28. The van der Waals surface area contributed by atoms with Gasteiger partial charge in [0, 0.05) is 36.8 Å². The Morgan fingerprint density at radius 2 is 1.74 bits per heavy atom. The van der Waals surface area contributed by atoms with Crippen LogP contribution in [0.1, 0.15) is 42.1 Å². The molecule has 0 aromatic heterocycles. The summed E-state index contributed by atoms with van der Waals surface area (Å²) in [5.41, 5.74) is 1.70. The van der Waals surface area contributed by atoms with E-state index in [1.165, 1.54) is 0 Å². The van der Waals surface area contributed by atoms with E-state index in [0.29, 0.717) is 19.1 Å². The van der Waals surface area contributed by atoms with Crippen molar-refractivity contribution in [2.45, 2.75) is 38.8 Å². The number of para-hydroxylation sites is 1. The molecule has 6 nitrogen and oxygen atoms in total. The SMILES string of the molecule is CCCN(CC(=O)NCc1ccccc1OC)C1CCN(C(=O)c2ccccc2)CC1. The van der Waals surface area contributed by atoms with Crippen molar-refractivity contribution in [1.29, 1.82) is 0 Å². The number of nitrogens with zero attached hydrogens (tertiary/aromatic N) is 2. The first-order chi connectivity index (χ1) is 15.1. The zero-order valence-electron chi connectivity index (χ0n) is 18.5. The Hall–Kier alpha value is -2.86. The molecule has 2 aromatic rings. The van der Waals surface area contributed by atoms with Gasteiger partial charge < -0.3 is 15.0 Å². The van der Waals surface area contributed by atoms with E-state index in [1.807, 2.05) is 59.5 Å². The summed E-state index contributed by atoms with van der Waals surface area (Å²) in [5.74, 6) is 0.890. The fraction of sp³-hybridized carbons (Fsp3) is 0.440. The lowest BCUT2D eigenvalue weighted by Gasteiger charge is -2.38. The summed E-state index contributed by atoms with van der Waals surface area (Å²) >= 11 is 0. The van der Waals surface area contributed by atoms with Crippen LogP contribution < -0.4 is 10.1 Å². The van der Waals surface area contributed by atoms with Gasteiger partial charge in [0.2, 0.25) is 5.91 Å².